The first-order chi connectivity index (χ1) is 12.7. The molecule has 0 saturated carbocycles. The molecule has 128 valence electrons. The van der Waals surface area contributed by atoms with Crippen LogP contribution in [-0.4, -0.2) is 12.2 Å². The molecule has 0 heterocycles. The van der Waals surface area contributed by atoms with Crippen LogP contribution in [0.25, 0.3) is 6.08 Å². The lowest BCUT2D eigenvalue weighted by atomic mass is 10.1. The van der Waals surface area contributed by atoms with E-state index in [1.54, 1.807) is 24.4 Å². The highest BCUT2D eigenvalue weighted by Crippen LogP contribution is 2.18. The molecule has 3 aromatic rings. The van der Waals surface area contributed by atoms with E-state index in [0.717, 1.165) is 16.8 Å². The maximum absolute atomic E-state index is 11.9. The molecule has 3 nitrogen and oxygen atoms in total. The molecule has 0 unspecified atom stereocenters. The lowest BCUT2D eigenvalue weighted by Gasteiger charge is -2.01. The van der Waals surface area contributed by atoms with Gasteiger partial charge in [0.05, 0.1) is 5.69 Å². The van der Waals surface area contributed by atoms with E-state index >= 15 is 0 Å². The Hall–Kier alpha value is -3.46. The number of aliphatic imine (C=N–C) groups is 1. The standard InChI is InChI=1S/C23H19NO2/c1-18-7-9-19(10-8-18)11-16-23(25)26-22-14-12-21(13-15-22)24-17-20-5-3-2-4-6-20/h2-17H,1H3/b16-11+,24-17?. The van der Waals surface area contributed by atoms with Crippen molar-refractivity contribution in [3.8, 4) is 5.75 Å². The third kappa shape index (κ3) is 5.28. The minimum atomic E-state index is -0.411. The molecule has 0 bridgehead atoms. The monoisotopic (exact) mass is 341 g/mol. The largest absolute Gasteiger partial charge is 0.423 e. The molecule has 0 amide bonds. The normalized spacial score (nSPS) is 11.1. The van der Waals surface area contributed by atoms with Crippen molar-refractivity contribution in [3.63, 3.8) is 0 Å². The summed E-state index contributed by atoms with van der Waals surface area (Å²) in [5, 5.41) is 0. The number of carbonyl (C=O) groups excluding carboxylic acids is 1. The molecule has 0 aliphatic heterocycles. The van der Waals surface area contributed by atoms with Gasteiger partial charge in [-0.3, -0.25) is 4.99 Å². The lowest BCUT2D eigenvalue weighted by Crippen LogP contribution is -2.03. The van der Waals surface area contributed by atoms with E-state index in [4.69, 9.17) is 4.74 Å². The summed E-state index contributed by atoms with van der Waals surface area (Å²) in [4.78, 5) is 16.3. The predicted octanol–water partition coefficient (Wildman–Crippen LogP) is 5.36. The fourth-order valence-corrected chi connectivity index (χ4v) is 2.28. The second kappa shape index (κ2) is 8.58. The van der Waals surface area contributed by atoms with Crippen molar-refractivity contribution in [2.24, 2.45) is 4.99 Å². The highest BCUT2D eigenvalue weighted by molar-refractivity contribution is 5.88. The first kappa shape index (κ1) is 17.4. The highest BCUT2D eigenvalue weighted by atomic mass is 16.5. The maximum atomic E-state index is 11.9. The molecule has 0 aliphatic rings. The van der Waals surface area contributed by atoms with Crippen LogP contribution in [0.5, 0.6) is 5.75 Å². The summed E-state index contributed by atoms with van der Waals surface area (Å²) >= 11 is 0. The van der Waals surface area contributed by atoms with Crippen molar-refractivity contribution in [1.29, 1.82) is 0 Å². The Bertz CT molecular complexity index is 909. The van der Waals surface area contributed by atoms with Gasteiger partial charge in [0.2, 0.25) is 0 Å². The van der Waals surface area contributed by atoms with Gasteiger partial charge in [-0.05, 0) is 48.4 Å². The number of rotatable bonds is 5. The average Bonchev–Trinajstić information content (AvgIpc) is 2.68. The summed E-state index contributed by atoms with van der Waals surface area (Å²) in [6, 6.07) is 24.9. The summed E-state index contributed by atoms with van der Waals surface area (Å²) in [5.41, 5.74) is 3.96. The molecule has 26 heavy (non-hydrogen) atoms. The smallest absolute Gasteiger partial charge is 0.336 e. The molecule has 0 radical (unpaired) electrons. The molecule has 0 atom stereocenters. The fraction of sp³-hybridized carbons (Fsp3) is 0.0435. The van der Waals surface area contributed by atoms with Gasteiger partial charge in [-0.25, -0.2) is 4.79 Å². The summed E-state index contributed by atoms with van der Waals surface area (Å²) in [7, 11) is 0. The van der Waals surface area contributed by atoms with Gasteiger partial charge in [0.15, 0.2) is 0 Å². The van der Waals surface area contributed by atoms with Gasteiger partial charge in [-0.15, -0.1) is 0 Å². The van der Waals surface area contributed by atoms with Crippen LogP contribution in [0.4, 0.5) is 5.69 Å². The Labute approximate surface area is 153 Å². The topological polar surface area (TPSA) is 38.7 Å². The third-order valence-corrected chi connectivity index (χ3v) is 3.71. The van der Waals surface area contributed by atoms with Gasteiger partial charge < -0.3 is 4.74 Å². The summed E-state index contributed by atoms with van der Waals surface area (Å²) in [6.45, 7) is 2.02. The zero-order chi connectivity index (χ0) is 18.2. The molecule has 0 fully saturated rings. The van der Waals surface area contributed by atoms with Gasteiger partial charge in [-0.1, -0.05) is 60.2 Å². The van der Waals surface area contributed by atoms with E-state index < -0.39 is 5.97 Å². The second-order valence-electron chi connectivity index (χ2n) is 5.83. The summed E-state index contributed by atoms with van der Waals surface area (Å²) in [5.74, 6) is 0.0772. The zero-order valence-electron chi connectivity index (χ0n) is 14.5. The molecule has 0 saturated heterocycles. The predicted molar refractivity (Wildman–Crippen MR) is 106 cm³/mol. The van der Waals surface area contributed by atoms with Crippen molar-refractivity contribution in [1.82, 2.24) is 0 Å². The van der Waals surface area contributed by atoms with Gasteiger partial charge in [0.1, 0.15) is 5.75 Å². The molecule has 0 spiro atoms. The number of hydrogen-bond donors (Lipinski definition) is 0. The lowest BCUT2D eigenvalue weighted by molar-refractivity contribution is -0.128. The van der Waals surface area contributed by atoms with Gasteiger partial charge in [-0.2, -0.15) is 0 Å². The van der Waals surface area contributed by atoms with E-state index in [9.17, 15) is 4.79 Å². The quantitative estimate of drug-likeness (QED) is 0.271. The Kier molecular flexibility index (Phi) is 5.73. The molecular weight excluding hydrogens is 322 g/mol. The summed E-state index contributed by atoms with van der Waals surface area (Å²) < 4.78 is 5.30. The van der Waals surface area contributed by atoms with Crippen molar-refractivity contribution >= 4 is 23.9 Å². The van der Waals surface area contributed by atoms with Crippen LogP contribution >= 0.6 is 0 Å². The minimum Gasteiger partial charge on any atom is -0.423 e. The van der Waals surface area contributed by atoms with Gasteiger partial charge >= 0.3 is 5.97 Å². The minimum absolute atomic E-state index is 0.411. The van der Waals surface area contributed by atoms with Gasteiger partial charge in [0, 0.05) is 12.3 Å². The van der Waals surface area contributed by atoms with Crippen molar-refractivity contribution in [2.75, 3.05) is 0 Å². The van der Waals surface area contributed by atoms with Crippen molar-refractivity contribution in [2.45, 2.75) is 6.92 Å². The Morgan fingerprint density at radius 2 is 1.54 bits per heavy atom. The maximum Gasteiger partial charge on any atom is 0.336 e. The van der Waals surface area contributed by atoms with Crippen LogP contribution < -0.4 is 4.74 Å². The summed E-state index contributed by atoms with van der Waals surface area (Å²) in [6.07, 6.45) is 4.96. The van der Waals surface area contributed by atoms with E-state index in [-0.39, 0.29) is 0 Å². The van der Waals surface area contributed by atoms with Crippen LogP contribution in [0.2, 0.25) is 0 Å². The zero-order valence-corrected chi connectivity index (χ0v) is 14.5. The van der Waals surface area contributed by atoms with E-state index in [1.807, 2.05) is 73.7 Å². The number of ether oxygens (including phenoxy) is 1. The Morgan fingerprint density at radius 1 is 0.846 bits per heavy atom. The second-order valence-corrected chi connectivity index (χ2v) is 5.83. The number of carbonyl (C=O) groups is 1. The molecule has 0 aromatic heterocycles. The van der Waals surface area contributed by atoms with E-state index in [0.29, 0.717) is 5.75 Å². The first-order valence-electron chi connectivity index (χ1n) is 8.35. The van der Waals surface area contributed by atoms with Crippen molar-refractivity contribution < 1.29 is 9.53 Å². The van der Waals surface area contributed by atoms with Crippen LogP contribution in [0.15, 0.2) is 89.9 Å². The number of nitrogens with zero attached hydrogens (tertiary/aromatic N) is 1. The number of esters is 1. The molecule has 0 N–H and O–H groups in total. The van der Waals surface area contributed by atoms with Crippen molar-refractivity contribution in [3.05, 3.63) is 102 Å². The van der Waals surface area contributed by atoms with E-state index in [1.165, 1.54) is 11.6 Å². The van der Waals surface area contributed by atoms with Crippen LogP contribution in [0.1, 0.15) is 16.7 Å². The fourth-order valence-electron chi connectivity index (χ4n) is 2.28. The molecule has 0 aliphatic carbocycles. The number of benzene rings is 3. The van der Waals surface area contributed by atoms with E-state index in [2.05, 4.69) is 4.99 Å². The molecule has 3 heteroatoms. The van der Waals surface area contributed by atoms with Crippen LogP contribution in [0, 0.1) is 6.92 Å². The number of aryl methyl sites for hydroxylation is 1. The Morgan fingerprint density at radius 3 is 2.23 bits per heavy atom. The third-order valence-electron chi connectivity index (χ3n) is 3.71. The SMILES string of the molecule is Cc1ccc(/C=C/C(=O)Oc2ccc(N=Cc3ccccc3)cc2)cc1. The highest BCUT2D eigenvalue weighted by Gasteiger charge is 2.00. The number of hydrogen-bond acceptors (Lipinski definition) is 3. The average molecular weight is 341 g/mol. The van der Waals surface area contributed by atoms with Gasteiger partial charge in [0.25, 0.3) is 0 Å². The molecule has 3 aromatic carbocycles. The molecule has 3 rings (SSSR count). The van der Waals surface area contributed by atoms with Crippen LogP contribution in [-0.2, 0) is 4.79 Å². The first-order valence-corrected chi connectivity index (χ1v) is 8.35. The molecular formula is C23H19NO2. The van der Waals surface area contributed by atoms with Crippen LogP contribution in [0.3, 0.4) is 0 Å². The Balaban J connectivity index is 1.57.